The minimum Gasteiger partial charge on any atom is -0.396 e. The summed E-state index contributed by atoms with van der Waals surface area (Å²) in [4.78, 5) is 16.8. The Morgan fingerprint density at radius 3 is 2.88 bits per heavy atom. The summed E-state index contributed by atoms with van der Waals surface area (Å²) in [5, 5.41) is 15.0. The molecular weight excluding hydrogens is 238 g/mol. The van der Waals surface area contributed by atoms with E-state index in [4.69, 9.17) is 5.11 Å². The molecule has 0 fully saturated rings. The van der Waals surface area contributed by atoms with Gasteiger partial charge < -0.3 is 15.7 Å². The third-order valence-corrected chi connectivity index (χ3v) is 3.40. The summed E-state index contributed by atoms with van der Waals surface area (Å²) >= 11 is 1.69. The van der Waals surface area contributed by atoms with Crippen LogP contribution in [-0.4, -0.2) is 35.8 Å². The Bertz CT molecular complexity index is 341. The summed E-state index contributed by atoms with van der Waals surface area (Å²) in [5.74, 6) is 0. The van der Waals surface area contributed by atoms with Crippen LogP contribution >= 0.6 is 11.3 Å². The van der Waals surface area contributed by atoms with Gasteiger partial charge in [-0.25, -0.2) is 9.78 Å². The van der Waals surface area contributed by atoms with Crippen LogP contribution in [0.5, 0.6) is 0 Å². The minimum atomic E-state index is -0.189. The third kappa shape index (κ3) is 5.65. The Balaban J connectivity index is 2.12. The van der Waals surface area contributed by atoms with Crippen molar-refractivity contribution in [3.8, 4) is 0 Å². The molecule has 5 nitrogen and oxygen atoms in total. The summed E-state index contributed by atoms with van der Waals surface area (Å²) < 4.78 is 0. The molecule has 0 bridgehead atoms. The van der Waals surface area contributed by atoms with Crippen molar-refractivity contribution in [1.29, 1.82) is 0 Å². The van der Waals surface area contributed by atoms with Crippen molar-refractivity contribution < 1.29 is 9.90 Å². The van der Waals surface area contributed by atoms with Crippen molar-refractivity contribution in [2.75, 3.05) is 19.7 Å². The van der Waals surface area contributed by atoms with Gasteiger partial charge in [-0.2, -0.15) is 0 Å². The zero-order valence-corrected chi connectivity index (χ0v) is 10.8. The number of aliphatic hydroxyl groups excluding tert-OH is 1. The molecule has 0 aliphatic rings. The molecule has 0 atom stereocenters. The molecule has 0 aromatic carbocycles. The van der Waals surface area contributed by atoms with Crippen LogP contribution in [-0.2, 0) is 12.8 Å². The fourth-order valence-electron chi connectivity index (χ4n) is 1.25. The lowest BCUT2D eigenvalue weighted by Crippen LogP contribution is -2.37. The van der Waals surface area contributed by atoms with E-state index in [1.165, 1.54) is 4.88 Å². The van der Waals surface area contributed by atoms with Gasteiger partial charge in [-0.3, -0.25) is 0 Å². The quantitative estimate of drug-likeness (QED) is 0.636. The summed E-state index contributed by atoms with van der Waals surface area (Å²) in [5.41, 5.74) is 0. The average molecular weight is 257 g/mol. The highest BCUT2D eigenvalue weighted by Crippen LogP contribution is 2.13. The van der Waals surface area contributed by atoms with Crippen LogP contribution in [0.1, 0.15) is 23.2 Å². The normalized spacial score (nSPS) is 10.2. The molecule has 96 valence electrons. The van der Waals surface area contributed by atoms with Crippen LogP contribution in [0.3, 0.4) is 0 Å². The Kier molecular flexibility index (Phi) is 6.57. The molecule has 0 radical (unpaired) electrons. The maximum Gasteiger partial charge on any atom is 0.314 e. The van der Waals surface area contributed by atoms with Crippen molar-refractivity contribution >= 4 is 17.4 Å². The van der Waals surface area contributed by atoms with Crippen LogP contribution in [0, 0.1) is 0 Å². The molecule has 1 rings (SSSR count). The number of thiazole rings is 1. The zero-order valence-electron chi connectivity index (χ0n) is 10.0. The van der Waals surface area contributed by atoms with E-state index >= 15 is 0 Å². The van der Waals surface area contributed by atoms with Crippen molar-refractivity contribution in [1.82, 2.24) is 15.6 Å². The van der Waals surface area contributed by atoms with Gasteiger partial charge in [0.25, 0.3) is 0 Å². The van der Waals surface area contributed by atoms with E-state index in [0.717, 1.165) is 17.8 Å². The first-order valence-corrected chi connectivity index (χ1v) is 6.64. The Hall–Kier alpha value is -1.14. The number of amides is 2. The fourth-order valence-corrected chi connectivity index (χ4v) is 2.12. The fraction of sp³-hybridized carbons (Fsp3) is 0.636. The molecule has 1 heterocycles. The van der Waals surface area contributed by atoms with Crippen molar-refractivity contribution in [3.63, 3.8) is 0 Å². The number of carbonyl (C=O) groups excluding carboxylic acids is 1. The molecule has 17 heavy (non-hydrogen) atoms. The molecule has 0 unspecified atom stereocenters. The Labute approximate surface area is 105 Å². The third-order valence-electron chi connectivity index (χ3n) is 2.19. The second kappa shape index (κ2) is 8.03. The lowest BCUT2D eigenvalue weighted by molar-refractivity contribution is 0.238. The molecular formula is C11H19N3O2S. The molecule has 0 saturated carbocycles. The SMILES string of the molecule is CCc1cnc(CCNC(=O)NCCCO)s1. The summed E-state index contributed by atoms with van der Waals surface area (Å²) in [6, 6.07) is -0.189. The smallest absolute Gasteiger partial charge is 0.314 e. The van der Waals surface area contributed by atoms with E-state index < -0.39 is 0 Å². The van der Waals surface area contributed by atoms with Gasteiger partial charge in [0, 0.05) is 37.2 Å². The predicted octanol–water partition coefficient (Wildman–Crippen LogP) is 0.930. The van der Waals surface area contributed by atoms with E-state index in [-0.39, 0.29) is 12.6 Å². The first-order chi connectivity index (χ1) is 8.26. The van der Waals surface area contributed by atoms with E-state index in [0.29, 0.717) is 19.5 Å². The maximum absolute atomic E-state index is 11.2. The van der Waals surface area contributed by atoms with Crippen LogP contribution in [0.25, 0.3) is 0 Å². The molecule has 0 saturated heterocycles. The number of urea groups is 1. The topological polar surface area (TPSA) is 74.2 Å². The Morgan fingerprint density at radius 2 is 2.24 bits per heavy atom. The van der Waals surface area contributed by atoms with Gasteiger partial charge in [0.1, 0.15) is 0 Å². The monoisotopic (exact) mass is 257 g/mol. The standard InChI is InChI=1S/C11H19N3O2S/c1-2-9-8-14-10(17-9)4-6-13-11(16)12-5-3-7-15/h8,15H,2-7H2,1H3,(H2,12,13,16). The lowest BCUT2D eigenvalue weighted by Gasteiger charge is -2.05. The highest BCUT2D eigenvalue weighted by molar-refractivity contribution is 7.11. The molecule has 0 spiro atoms. The van der Waals surface area contributed by atoms with Gasteiger partial charge in [-0.05, 0) is 12.8 Å². The number of nitrogens with one attached hydrogen (secondary N) is 2. The van der Waals surface area contributed by atoms with Crippen LogP contribution in [0.15, 0.2) is 6.20 Å². The molecule has 6 heteroatoms. The van der Waals surface area contributed by atoms with Gasteiger partial charge in [0.05, 0.1) is 5.01 Å². The molecule has 0 aliphatic heterocycles. The molecule has 0 aliphatic carbocycles. The van der Waals surface area contributed by atoms with E-state index in [9.17, 15) is 4.79 Å². The van der Waals surface area contributed by atoms with Gasteiger partial charge >= 0.3 is 6.03 Å². The minimum absolute atomic E-state index is 0.0964. The lowest BCUT2D eigenvalue weighted by atomic mass is 10.4. The second-order valence-electron chi connectivity index (χ2n) is 3.58. The number of rotatable bonds is 7. The number of carbonyl (C=O) groups is 1. The zero-order chi connectivity index (χ0) is 12.5. The number of aryl methyl sites for hydroxylation is 1. The van der Waals surface area contributed by atoms with E-state index in [2.05, 4.69) is 22.5 Å². The highest BCUT2D eigenvalue weighted by atomic mass is 32.1. The second-order valence-corrected chi connectivity index (χ2v) is 4.78. The molecule has 1 aromatic rings. The highest BCUT2D eigenvalue weighted by Gasteiger charge is 2.02. The number of aromatic nitrogens is 1. The molecule has 2 amide bonds. The van der Waals surface area contributed by atoms with Crippen LogP contribution in [0.2, 0.25) is 0 Å². The van der Waals surface area contributed by atoms with Gasteiger partial charge in [-0.15, -0.1) is 11.3 Å². The van der Waals surface area contributed by atoms with Crippen molar-refractivity contribution in [2.24, 2.45) is 0 Å². The summed E-state index contributed by atoms with van der Waals surface area (Å²) in [6.45, 7) is 3.28. The molecule has 3 N–H and O–H groups in total. The maximum atomic E-state index is 11.2. The predicted molar refractivity (Wildman–Crippen MR) is 68.3 cm³/mol. The van der Waals surface area contributed by atoms with Crippen molar-refractivity contribution in [3.05, 3.63) is 16.1 Å². The summed E-state index contributed by atoms with van der Waals surface area (Å²) in [6.07, 6.45) is 4.24. The van der Waals surface area contributed by atoms with E-state index in [1.807, 2.05) is 6.20 Å². The van der Waals surface area contributed by atoms with E-state index in [1.54, 1.807) is 11.3 Å². The van der Waals surface area contributed by atoms with Crippen LogP contribution < -0.4 is 10.6 Å². The first kappa shape index (κ1) is 13.9. The largest absolute Gasteiger partial charge is 0.396 e. The average Bonchev–Trinajstić information content (AvgIpc) is 2.77. The number of hydrogen-bond donors (Lipinski definition) is 3. The first-order valence-electron chi connectivity index (χ1n) is 5.82. The number of hydrogen-bond acceptors (Lipinski definition) is 4. The molecule has 1 aromatic heterocycles. The van der Waals surface area contributed by atoms with Gasteiger partial charge in [0.2, 0.25) is 0 Å². The number of nitrogens with zero attached hydrogens (tertiary/aromatic N) is 1. The Morgan fingerprint density at radius 1 is 1.47 bits per heavy atom. The van der Waals surface area contributed by atoms with Gasteiger partial charge in [-0.1, -0.05) is 6.92 Å². The van der Waals surface area contributed by atoms with Crippen molar-refractivity contribution in [2.45, 2.75) is 26.2 Å². The van der Waals surface area contributed by atoms with Gasteiger partial charge in [0.15, 0.2) is 0 Å². The summed E-state index contributed by atoms with van der Waals surface area (Å²) in [7, 11) is 0. The number of aliphatic hydroxyl groups is 1. The van der Waals surface area contributed by atoms with Crippen LogP contribution in [0.4, 0.5) is 4.79 Å².